The molecule has 0 atom stereocenters. The number of carbonyl (C=O) groups is 1. The van der Waals surface area contributed by atoms with E-state index < -0.39 is 0 Å². The molecule has 1 aliphatic heterocycles. The lowest BCUT2D eigenvalue weighted by Crippen LogP contribution is -2.41. The van der Waals surface area contributed by atoms with Gasteiger partial charge in [-0.1, -0.05) is 0 Å². The van der Waals surface area contributed by atoms with Gasteiger partial charge in [-0.25, -0.2) is 0 Å². The van der Waals surface area contributed by atoms with Crippen molar-refractivity contribution in [1.29, 1.82) is 0 Å². The van der Waals surface area contributed by atoms with Crippen molar-refractivity contribution in [3.8, 4) is 17.2 Å². The molecule has 4 rings (SSSR count). The van der Waals surface area contributed by atoms with E-state index in [1.807, 2.05) is 25.1 Å². The Morgan fingerprint density at radius 3 is 2.69 bits per heavy atom. The predicted molar refractivity (Wildman–Crippen MR) is 136 cm³/mol. The van der Waals surface area contributed by atoms with Crippen molar-refractivity contribution in [3.63, 3.8) is 0 Å². The Morgan fingerprint density at radius 1 is 1.17 bits per heavy atom. The third-order valence-electron chi connectivity index (χ3n) is 5.76. The molecule has 0 radical (unpaired) electrons. The number of morpholine rings is 1. The number of aromatic amines is 1. The van der Waals surface area contributed by atoms with Gasteiger partial charge in [0, 0.05) is 42.8 Å². The lowest BCUT2D eigenvalue weighted by atomic mass is 10.1. The van der Waals surface area contributed by atoms with Crippen LogP contribution in [0.5, 0.6) is 17.2 Å². The predicted octanol–water partition coefficient (Wildman–Crippen LogP) is 3.90. The SMILES string of the molecule is C=Nc1cc(OCCC(=O)N2CCOCC2)c(OC)cc1C(=NC)Oc1ccc2[nH]c(C)cc2c1. The van der Waals surface area contributed by atoms with Crippen molar-refractivity contribution >= 4 is 35.1 Å². The fraction of sp³-hybridized carbons (Fsp3) is 0.346. The van der Waals surface area contributed by atoms with Gasteiger partial charge in [0.25, 0.3) is 0 Å². The van der Waals surface area contributed by atoms with E-state index in [9.17, 15) is 4.79 Å². The second-order valence-corrected chi connectivity index (χ2v) is 8.10. The van der Waals surface area contributed by atoms with E-state index in [0.717, 1.165) is 16.6 Å². The van der Waals surface area contributed by atoms with E-state index in [0.29, 0.717) is 60.7 Å². The minimum Gasteiger partial charge on any atom is -0.493 e. The zero-order chi connectivity index (χ0) is 24.8. The molecule has 1 fully saturated rings. The van der Waals surface area contributed by atoms with Gasteiger partial charge in [0.2, 0.25) is 11.8 Å². The highest BCUT2D eigenvalue weighted by atomic mass is 16.5. The maximum absolute atomic E-state index is 12.4. The zero-order valence-corrected chi connectivity index (χ0v) is 20.3. The molecule has 1 amide bonds. The van der Waals surface area contributed by atoms with Crippen LogP contribution in [0.2, 0.25) is 0 Å². The second-order valence-electron chi connectivity index (χ2n) is 8.10. The third-order valence-corrected chi connectivity index (χ3v) is 5.76. The summed E-state index contributed by atoms with van der Waals surface area (Å²) in [6.07, 6.45) is 0.258. The Balaban J connectivity index is 1.50. The first-order chi connectivity index (χ1) is 17.0. The van der Waals surface area contributed by atoms with Crippen LogP contribution >= 0.6 is 0 Å². The fourth-order valence-electron chi connectivity index (χ4n) is 3.99. The molecule has 0 unspecified atom stereocenters. The highest BCUT2D eigenvalue weighted by Gasteiger charge is 2.19. The number of amides is 1. The molecule has 2 aromatic carbocycles. The van der Waals surface area contributed by atoms with Gasteiger partial charge in [0.1, 0.15) is 5.75 Å². The Morgan fingerprint density at radius 2 is 1.97 bits per heavy atom. The summed E-state index contributed by atoms with van der Waals surface area (Å²) in [5, 5.41) is 1.05. The number of carbonyl (C=O) groups excluding carboxylic acids is 1. The van der Waals surface area contributed by atoms with Gasteiger partial charge in [-0.3, -0.25) is 14.8 Å². The van der Waals surface area contributed by atoms with Crippen molar-refractivity contribution in [1.82, 2.24) is 9.88 Å². The first-order valence-electron chi connectivity index (χ1n) is 11.4. The topological polar surface area (TPSA) is 97.7 Å². The average molecular weight is 479 g/mol. The first-order valence-corrected chi connectivity index (χ1v) is 11.4. The van der Waals surface area contributed by atoms with E-state index in [1.165, 1.54) is 0 Å². The number of rotatable bonds is 8. The fourth-order valence-corrected chi connectivity index (χ4v) is 3.99. The highest BCUT2D eigenvalue weighted by molar-refractivity contribution is 6.01. The van der Waals surface area contributed by atoms with Crippen LogP contribution in [-0.4, -0.2) is 75.5 Å². The molecule has 35 heavy (non-hydrogen) atoms. The molecule has 1 aliphatic rings. The standard InChI is InChI=1S/C26H30N4O5/c1-17-13-18-14-19(5-6-21(18)29-17)35-26(28-3)20-15-23(32-4)24(16-22(20)27-2)34-10-7-25(31)30-8-11-33-12-9-30/h5-6,13-16,29H,2,7-12H2,1,3-4H3. The number of aliphatic imine (C=N–C) groups is 2. The van der Waals surface area contributed by atoms with E-state index in [-0.39, 0.29) is 18.9 Å². The van der Waals surface area contributed by atoms with Crippen LogP contribution in [0.4, 0.5) is 5.69 Å². The lowest BCUT2D eigenvalue weighted by molar-refractivity contribution is -0.135. The van der Waals surface area contributed by atoms with Gasteiger partial charge >= 0.3 is 0 Å². The van der Waals surface area contributed by atoms with Gasteiger partial charge in [-0.15, -0.1) is 0 Å². The summed E-state index contributed by atoms with van der Waals surface area (Å²) < 4.78 is 22.9. The van der Waals surface area contributed by atoms with Gasteiger partial charge in [0.05, 0.1) is 44.6 Å². The second kappa shape index (κ2) is 11.1. The van der Waals surface area contributed by atoms with E-state index in [1.54, 1.807) is 31.2 Å². The van der Waals surface area contributed by atoms with Crippen molar-refractivity contribution in [2.24, 2.45) is 9.98 Å². The molecule has 0 bridgehead atoms. The lowest BCUT2D eigenvalue weighted by Gasteiger charge is -2.26. The summed E-state index contributed by atoms with van der Waals surface area (Å²) in [6.45, 7) is 8.27. The maximum atomic E-state index is 12.4. The molecule has 9 heteroatoms. The summed E-state index contributed by atoms with van der Waals surface area (Å²) >= 11 is 0. The Hall–Kier alpha value is -3.85. The van der Waals surface area contributed by atoms with Crippen molar-refractivity contribution in [2.75, 3.05) is 47.1 Å². The molecule has 184 valence electrons. The summed E-state index contributed by atoms with van der Waals surface area (Å²) in [4.78, 5) is 26.0. The molecule has 1 saturated heterocycles. The summed E-state index contributed by atoms with van der Waals surface area (Å²) in [5.41, 5.74) is 3.25. The number of H-pyrrole nitrogens is 1. The molecular formula is C26H30N4O5. The number of hydrogen-bond acceptors (Lipinski definition) is 7. The van der Waals surface area contributed by atoms with Crippen LogP contribution in [0.15, 0.2) is 46.4 Å². The van der Waals surface area contributed by atoms with Crippen LogP contribution in [0, 0.1) is 6.92 Å². The monoisotopic (exact) mass is 478 g/mol. The molecule has 3 aromatic rings. The number of ether oxygens (including phenoxy) is 4. The third kappa shape index (κ3) is 5.63. The molecule has 0 aliphatic carbocycles. The Kier molecular flexibility index (Phi) is 7.67. The Labute approximate surface area is 204 Å². The molecule has 1 N–H and O–H groups in total. The summed E-state index contributed by atoms with van der Waals surface area (Å²) in [7, 11) is 3.20. The van der Waals surface area contributed by atoms with Crippen molar-refractivity contribution < 1.29 is 23.7 Å². The smallest absolute Gasteiger partial charge is 0.226 e. The summed E-state index contributed by atoms with van der Waals surface area (Å²) in [5.74, 6) is 1.99. The zero-order valence-electron chi connectivity index (χ0n) is 20.3. The van der Waals surface area contributed by atoms with E-state index in [4.69, 9.17) is 18.9 Å². The van der Waals surface area contributed by atoms with Gasteiger partial charge in [-0.05, 0) is 44.0 Å². The molecule has 2 heterocycles. The number of aromatic nitrogens is 1. The minimum atomic E-state index is 0.0364. The van der Waals surface area contributed by atoms with Crippen molar-refractivity contribution in [2.45, 2.75) is 13.3 Å². The average Bonchev–Trinajstić information content (AvgIpc) is 3.26. The largest absolute Gasteiger partial charge is 0.493 e. The first kappa shape index (κ1) is 24.3. The number of nitrogens with zero attached hydrogens (tertiary/aromatic N) is 3. The molecule has 0 saturated carbocycles. The van der Waals surface area contributed by atoms with Crippen LogP contribution in [-0.2, 0) is 9.53 Å². The van der Waals surface area contributed by atoms with Crippen LogP contribution in [0.3, 0.4) is 0 Å². The van der Waals surface area contributed by atoms with Crippen LogP contribution in [0.25, 0.3) is 10.9 Å². The molecule has 0 spiro atoms. The summed E-state index contributed by atoms with van der Waals surface area (Å²) in [6, 6.07) is 11.3. The number of aryl methyl sites for hydroxylation is 1. The van der Waals surface area contributed by atoms with E-state index >= 15 is 0 Å². The molecule has 9 nitrogen and oxygen atoms in total. The maximum Gasteiger partial charge on any atom is 0.226 e. The van der Waals surface area contributed by atoms with Crippen LogP contribution in [0.1, 0.15) is 17.7 Å². The number of fused-ring (bicyclic) bond motifs is 1. The number of benzene rings is 2. The van der Waals surface area contributed by atoms with Crippen LogP contribution < -0.4 is 14.2 Å². The molecule has 1 aromatic heterocycles. The van der Waals surface area contributed by atoms with Crippen molar-refractivity contribution in [3.05, 3.63) is 47.7 Å². The van der Waals surface area contributed by atoms with Gasteiger partial charge in [0.15, 0.2) is 11.5 Å². The number of methoxy groups -OCH3 is 1. The number of nitrogens with one attached hydrogen (secondary N) is 1. The minimum absolute atomic E-state index is 0.0364. The molecular weight excluding hydrogens is 448 g/mol. The Bertz CT molecular complexity index is 1240. The highest BCUT2D eigenvalue weighted by Crippen LogP contribution is 2.36. The van der Waals surface area contributed by atoms with Gasteiger partial charge < -0.3 is 28.8 Å². The van der Waals surface area contributed by atoms with E-state index in [2.05, 4.69) is 27.8 Å². The number of hydrogen-bond donors (Lipinski definition) is 1. The van der Waals surface area contributed by atoms with Gasteiger partial charge in [-0.2, -0.15) is 0 Å². The quantitative estimate of drug-likeness (QED) is 0.391. The normalized spacial score (nSPS) is 14.1.